The number of aliphatic hydroxyl groups excluding tert-OH is 1. The lowest BCUT2D eigenvalue weighted by Crippen LogP contribution is -2.41. The number of hydrogen-bond acceptors (Lipinski definition) is 3. The molecule has 0 saturated heterocycles. The number of H-pyrrole nitrogens is 1. The van der Waals surface area contributed by atoms with E-state index in [1.54, 1.807) is 4.31 Å². The highest BCUT2D eigenvalue weighted by Crippen LogP contribution is 2.23. The summed E-state index contributed by atoms with van der Waals surface area (Å²) in [6.07, 6.45) is 3.04. The third-order valence-corrected chi connectivity index (χ3v) is 5.28. The molecule has 0 aromatic carbocycles. The van der Waals surface area contributed by atoms with Crippen molar-refractivity contribution in [2.45, 2.75) is 58.1 Å². The maximum Gasteiger partial charge on any atom is 0.244 e. The minimum absolute atomic E-state index is 0.00914. The highest BCUT2D eigenvalue weighted by molar-refractivity contribution is 7.89. The van der Waals surface area contributed by atoms with Gasteiger partial charge in [0.25, 0.3) is 0 Å². The van der Waals surface area contributed by atoms with E-state index in [2.05, 4.69) is 4.98 Å². The fraction of sp³-hybridized carbons (Fsp3) is 0.714. The Labute approximate surface area is 122 Å². The highest BCUT2D eigenvalue weighted by atomic mass is 32.2. The van der Waals surface area contributed by atoms with Crippen molar-refractivity contribution in [1.29, 1.82) is 0 Å². The number of nitrogens with zero attached hydrogens (tertiary/aromatic N) is 1. The van der Waals surface area contributed by atoms with Crippen LogP contribution in [0.25, 0.3) is 0 Å². The van der Waals surface area contributed by atoms with Gasteiger partial charge in [-0.25, -0.2) is 8.42 Å². The van der Waals surface area contributed by atoms with Gasteiger partial charge in [-0.3, -0.25) is 0 Å². The van der Waals surface area contributed by atoms with Crippen molar-refractivity contribution < 1.29 is 13.5 Å². The zero-order valence-corrected chi connectivity index (χ0v) is 13.6. The van der Waals surface area contributed by atoms with E-state index in [0.717, 1.165) is 12.8 Å². The molecule has 2 N–H and O–H groups in total. The lowest BCUT2D eigenvalue weighted by Gasteiger charge is -2.30. The van der Waals surface area contributed by atoms with Gasteiger partial charge in [0.05, 0.1) is 11.5 Å². The van der Waals surface area contributed by atoms with Crippen molar-refractivity contribution >= 4 is 10.0 Å². The number of nitrogens with one attached hydrogen (secondary N) is 1. The van der Waals surface area contributed by atoms with Gasteiger partial charge >= 0.3 is 0 Å². The lowest BCUT2D eigenvalue weighted by atomic mass is 10.1. The molecule has 0 saturated carbocycles. The third kappa shape index (κ3) is 3.84. The summed E-state index contributed by atoms with van der Waals surface area (Å²) in [6.45, 7) is 8.36. The van der Waals surface area contributed by atoms with Crippen LogP contribution in [0.15, 0.2) is 17.2 Å². The van der Waals surface area contributed by atoms with Crippen molar-refractivity contribution in [3.05, 3.63) is 18.0 Å². The first-order valence-corrected chi connectivity index (χ1v) is 8.60. The summed E-state index contributed by atoms with van der Waals surface area (Å²) in [5, 5.41) is 9.06. The fourth-order valence-corrected chi connectivity index (χ4v) is 4.25. The summed E-state index contributed by atoms with van der Waals surface area (Å²) in [5.74, 6) is 0.265. The van der Waals surface area contributed by atoms with Crippen LogP contribution >= 0.6 is 0 Å². The maximum atomic E-state index is 12.8. The zero-order chi connectivity index (χ0) is 15.3. The fourth-order valence-electron chi connectivity index (χ4n) is 2.29. The van der Waals surface area contributed by atoms with E-state index in [9.17, 15) is 8.42 Å². The highest BCUT2D eigenvalue weighted by Gasteiger charge is 2.30. The lowest BCUT2D eigenvalue weighted by molar-refractivity contribution is 0.276. The molecule has 1 rings (SSSR count). The standard InChI is InChI=1S/C14H26N2O3S/c1-5-13(6-2)16(9-11(3)4)20(18,19)14-7-12(10-17)15-8-14/h7-8,11,13,15,17H,5-6,9-10H2,1-4H3. The van der Waals surface area contributed by atoms with E-state index in [1.807, 2.05) is 27.7 Å². The molecular weight excluding hydrogens is 276 g/mol. The summed E-state index contributed by atoms with van der Waals surface area (Å²) >= 11 is 0. The average molecular weight is 302 g/mol. The molecule has 116 valence electrons. The maximum absolute atomic E-state index is 12.8. The Balaban J connectivity index is 3.15. The Kier molecular flexibility index (Phi) is 6.23. The molecule has 0 aliphatic rings. The normalized spacial score (nSPS) is 12.8. The van der Waals surface area contributed by atoms with Crippen LogP contribution < -0.4 is 0 Å². The topological polar surface area (TPSA) is 73.4 Å². The van der Waals surface area contributed by atoms with Gasteiger partial charge < -0.3 is 10.1 Å². The molecule has 0 atom stereocenters. The van der Waals surface area contributed by atoms with E-state index < -0.39 is 10.0 Å². The second kappa shape index (κ2) is 7.24. The van der Waals surface area contributed by atoms with Crippen LogP contribution in [0.4, 0.5) is 0 Å². The van der Waals surface area contributed by atoms with Crippen molar-refractivity contribution in [2.75, 3.05) is 6.54 Å². The Morgan fingerprint density at radius 2 is 1.90 bits per heavy atom. The monoisotopic (exact) mass is 302 g/mol. The smallest absolute Gasteiger partial charge is 0.244 e. The molecule has 1 aromatic rings. The quantitative estimate of drug-likeness (QED) is 0.774. The molecule has 0 bridgehead atoms. The molecule has 20 heavy (non-hydrogen) atoms. The van der Waals surface area contributed by atoms with E-state index in [4.69, 9.17) is 5.11 Å². The Morgan fingerprint density at radius 1 is 1.30 bits per heavy atom. The zero-order valence-electron chi connectivity index (χ0n) is 12.8. The van der Waals surface area contributed by atoms with Crippen LogP contribution in [0.3, 0.4) is 0 Å². The first kappa shape index (κ1) is 17.2. The van der Waals surface area contributed by atoms with Crippen molar-refractivity contribution in [3.8, 4) is 0 Å². The molecule has 1 heterocycles. The number of aromatic nitrogens is 1. The summed E-state index contributed by atoms with van der Waals surface area (Å²) in [4.78, 5) is 3.02. The van der Waals surface area contributed by atoms with E-state index >= 15 is 0 Å². The number of rotatable bonds is 8. The Hall–Kier alpha value is -0.850. The SMILES string of the molecule is CCC(CC)N(CC(C)C)S(=O)(=O)c1c[nH]c(CO)c1. The molecule has 0 aliphatic heterocycles. The van der Waals surface area contributed by atoms with Gasteiger partial charge in [0, 0.05) is 24.5 Å². The summed E-state index contributed by atoms with van der Waals surface area (Å²) in [6, 6.07) is 1.51. The first-order chi connectivity index (χ1) is 9.36. The third-order valence-electron chi connectivity index (χ3n) is 3.39. The summed E-state index contributed by atoms with van der Waals surface area (Å²) in [5.41, 5.74) is 0.512. The molecule has 6 heteroatoms. The molecule has 0 amide bonds. The minimum Gasteiger partial charge on any atom is -0.390 e. The van der Waals surface area contributed by atoms with Gasteiger partial charge in [-0.15, -0.1) is 0 Å². The van der Waals surface area contributed by atoms with Crippen LogP contribution in [0.2, 0.25) is 0 Å². The van der Waals surface area contributed by atoms with Crippen molar-refractivity contribution in [1.82, 2.24) is 9.29 Å². The molecule has 1 aromatic heterocycles. The molecule has 5 nitrogen and oxygen atoms in total. The predicted molar refractivity (Wildman–Crippen MR) is 79.8 cm³/mol. The number of hydrogen-bond donors (Lipinski definition) is 2. The number of sulfonamides is 1. The van der Waals surface area contributed by atoms with Crippen LogP contribution in [0, 0.1) is 5.92 Å². The number of aromatic amines is 1. The molecule has 0 fully saturated rings. The average Bonchev–Trinajstić information content (AvgIpc) is 2.88. The van der Waals surface area contributed by atoms with Crippen molar-refractivity contribution in [2.24, 2.45) is 5.92 Å². The van der Waals surface area contributed by atoms with Crippen LogP contribution in [-0.4, -0.2) is 35.4 Å². The minimum atomic E-state index is -3.52. The van der Waals surface area contributed by atoms with E-state index in [0.29, 0.717) is 12.2 Å². The summed E-state index contributed by atoms with van der Waals surface area (Å²) in [7, 11) is -3.52. The van der Waals surface area contributed by atoms with Crippen LogP contribution in [0.1, 0.15) is 46.2 Å². The van der Waals surface area contributed by atoms with Crippen LogP contribution in [0.5, 0.6) is 0 Å². The Morgan fingerprint density at radius 3 is 2.30 bits per heavy atom. The first-order valence-electron chi connectivity index (χ1n) is 7.16. The molecule has 0 spiro atoms. The van der Waals surface area contributed by atoms with Crippen LogP contribution in [-0.2, 0) is 16.6 Å². The summed E-state index contributed by atoms with van der Waals surface area (Å²) < 4.78 is 27.2. The molecular formula is C14H26N2O3S. The van der Waals surface area contributed by atoms with Gasteiger partial charge in [-0.1, -0.05) is 27.7 Å². The van der Waals surface area contributed by atoms with Gasteiger partial charge in [0.15, 0.2) is 0 Å². The number of aliphatic hydroxyl groups is 1. The Bertz CT molecular complexity index is 504. The van der Waals surface area contributed by atoms with Gasteiger partial charge in [0.1, 0.15) is 0 Å². The largest absolute Gasteiger partial charge is 0.390 e. The van der Waals surface area contributed by atoms with Gasteiger partial charge in [-0.2, -0.15) is 4.31 Å². The molecule has 0 radical (unpaired) electrons. The molecule has 0 aliphatic carbocycles. The van der Waals surface area contributed by atoms with Gasteiger partial charge in [-0.05, 0) is 24.8 Å². The molecule has 0 unspecified atom stereocenters. The van der Waals surface area contributed by atoms with E-state index in [-0.39, 0.29) is 23.5 Å². The van der Waals surface area contributed by atoms with Crippen molar-refractivity contribution in [3.63, 3.8) is 0 Å². The van der Waals surface area contributed by atoms with Gasteiger partial charge in [0.2, 0.25) is 10.0 Å². The van der Waals surface area contributed by atoms with E-state index in [1.165, 1.54) is 12.3 Å². The predicted octanol–water partition coefficient (Wildman–Crippen LogP) is 2.34. The second-order valence-electron chi connectivity index (χ2n) is 5.46. The second-order valence-corrected chi connectivity index (χ2v) is 7.35.